The van der Waals surface area contributed by atoms with E-state index in [0.29, 0.717) is 17.7 Å². The molecule has 134 valence electrons. The van der Waals surface area contributed by atoms with E-state index in [4.69, 9.17) is 9.15 Å². The van der Waals surface area contributed by atoms with E-state index in [9.17, 15) is 13.6 Å². The molecule has 0 bridgehead atoms. The first-order chi connectivity index (χ1) is 12.5. The van der Waals surface area contributed by atoms with E-state index in [1.165, 1.54) is 6.07 Å². The number of nitrogens with one attached hydrogen (secondary N) is 1. The van der Waals surface area contributed by atoms with Gasteiger partial charge in [0.05, 0.1) is 19.0 Å². The largest absolute Gasteiger partial charge is 0.497 e. The average molecular weight is 358 g/mol. The second kappa shape index (κ2) is 7.77. The second-order valence-corrected chi connectivity index (χ2v) is 5.52. The van der Waals surface area contributed by atoms with Crippen LogP contribution in [0.4, 0.5) is 14.5 Å². The molecule has 1 heterocycles. The molecular formula is C19H16F2N2O3. The topological polar surface area (TPSA) is 64.4 Å². The van der Waals surface area contributed by atoms with Crippen molar-refractivity contribution < 1.29 is 22.7 Å². The first-order valence-corrected chi connectivity index (χ1v) is 7.89. The molecule has 3 rings (SSSR count). The Balaban J connectivity index is 1.58. The molecule has 0 aliphatic heterocycles. The van der Waals surface area contributed by atoms with E-state index in [1.807, 2.05) is 24.3 Å². The van der Waals surface area contributed by atoms with Crippen molar-refractivity contribution in [2.45, 2.75) is 12.8 Å². The van der Waals surface area contributed by atoms with Crippen LogP contribution in [0.3, 0.4) is 0 Å². The lowest BCUT2D eigenvalue weighted by atomic mass is 10.2. The predicted molar refractivity (Wildman–Crippen MR) is 91.8 cm³/mol. The molecule has 0 aliphatic rings. The van der Waals surface area contributed by atoms with Crippen LogP contribution in [0.5, 0.6) is 5.75 Å². The third-order valence-corrected chi connectivity index (χ3v) is 3.70. The molecule has 26 heavy (non-hydrogen) atoms. The SMILES string of the molecule is COc1ccc(-c2cnc(CCC(=O)Nc3ccc(F)cc3F)o2)cc1. The molecule has 0 aliphatic carbocycles. The number of benzene rings is 2. The smallest absolute Gasteiger partial charge is 0.224 e. The monoisotopic (exact) mass is 358 g/mol. The Labute approximate surface area is 148 Å². The number of nitrogens with zero attached hydrogens (tertiary/aromatic N) is 1. The van der Waals surface area contributed by atoms with E-state index < -0.39 is 17.5 Å². The molecule has 2 aromatic carbocycles. The van der Waals surface area contributed by atoms with Crippen LogP contribution in [0.25, 0.3) is 11.3 Å². The lowest BCUT2D eigenvalue weighted by Gasteiger charge is -2.05. The molecule has 0 radical (unpaired) electrons. The van der Waals surface area contributed by atoms with Gasteiger partial charge in [-0.15, -0.1) is 0 Å². The number of anilines is 1. The molecule has 0 unspecified atom stereocenters. The van der Waals surface area contributed by atoms with E-state index in [1.54, 1.807) is 13.3 Å². The Kier molecular flexibility index (Phi) is 5.26. The normalized spacial score (nSPS) is 10.6. The van der Waals surface area contributed by atoms with Crippen LogP contribution < -0.4 is 10.1 Å². The number of halogens is 2. The zero-order valence-corrected chi connectivity index (χ0v) is 14.0. The van der Waals surface area contributed by atoms with Crippen molar-refractivity contribution in [1.29, 1.82) is 0 Å². The minimum Gasteiger partial charge on any atom is -0.497 e. The second-order valence-electron chi connectivity index (χ2n) is 5.52. The summed E-state index contributed by atoms with van der Waals surface area (Å²) in [5, 5.41) is 2.39. The average Bonchev–Trinajstić information content (AvgIpc) is 3.11. The van der Waals surface area contributed by atoms with Gasteiger partial charge in [-0.25, -0.2) is 13.8 Å². The van der Waals surface area contributed by atoms with Gasteiger partial charge < -0.3 is 14.5 Å². The van der Waals surface area contributed by atoms with E-state index in [2.05, 4.69) is 10.3 Å². The number of amides is 1. The zero-order chi connectivity index (χ0) is 18.5. The van der Waals surface area contributed by atoms with Crippen LogP contribution in [0.1, 0.15) is 12.3 Å². The zero-order valence-electron chi connectivity index (χ0n) is 14.0. The number of carbonyl (C=O) groups excluding carboxylic acids is 1. The lowest BCUT2D eigenvalue weighted by Crippen LogP contribution is -2.13. The number of aromatic nitrogens is 1. The van der Waals surface area contributed by atoms with Gasteiger partial charge >= 0.3 is 0 Å². The van der Waals surface area contributed by atoms with Gasteiger partial charge in [0.2, 0.25) is 5.91 Å². The molecule has 0 atom stereocenters. The fourth-order valence-corrected chi connectivity index (χ4v) is 2.34. The minimum absolute atomic E-state index is 0.0549. The van der Waals surface area contributed by atoms with Crippen LogP contribution >= 0.6 is 0 Å². The van der Waals surface area contributed by atoms with Crippen LogP contribution in [-0.2, 0) is 11.2 Å². The van der Waals surface area contributed by atoms with E-state index in [-0.39, 0.29) is 18.5 Å². The first-order valence-electron chi connectivity index (χ1n) is 7.89. The summed E-state index contributed by atoms with van der Waals surface area (Å²) in [4.78, 5) is 16.1. The van der Waals surface area contributed by atoms with E-state index in [0.717, 1.165) is 17.4 Å². The van der Waals surface area contributed by atoms with Crippen molar-refractivity contribution in [3.05, 3.63) is 66.2 Å². The molecule has 0 saturated carbocycles. The summed E-state index contributed by atoms with van der Waals surface area (Å²) >= 11 is 0. The highest BCUT2D eigenvalue weighted by atomic mass is 19.1. The maximum absolute atomic E-state index is 13.5. The number of aryl methyl sites for hydroxylation is 1. The molecule has 3 aromatic rings. The van der Waals surface area contributed by atoms with Gasteiger partial charge in [-0.05, 0) is 36.4 Å². The van der Waals surface area contributed by atoms with Crippen LogP contribution in [-0.4, -0.2) is 18.0 Å². The summed E-state index contributed by atoms with van der Waals surface area (Å²) in [7, 11) is 1.59. The number of carbonyl (C=O) groups is 1. The standard InChI is InChI=1S/C19H16F2N2O3/c1-25-14-5-2-12(3-6-14)17-11-22-19(26-17)9-8-18(24)23-16-7-4-13(20)10-15(16)21/h2-7,10-11H,8-9H2,1H3,(H,23,24). The van der Waals surface area contributed by atoms with Crippen molar-refractivity contribution in [2.75, 3.05) is 12.4 Å². The summed E-state index contributed by atoms with van der Waals surface area (Å²) in [6, 6.07) is 10.3. The van der Waals surface area contributed by atoms with Gasteiger partial charge in [-0.3, -0.25) is 4.79 Å². The molecule has 1 N–H and O–H groups in total. The molecule has 0 spiro atoms. The molecule has 0 fully saturated rings. The first kappa shape index (κ1) is 17.6. The Bertz CT molecular complexity index is 907. The molecule has 5 nitrogen and oxygen atoms in total. The van der Waals surface area contributed by atoms with Crippen LogP contribution in [0.15, 0.2) is 53.1 Å². The molecular weight excluding hydrogens is 342 g/mol. The van der Waals surface area contributed by atoms with Gasteiger partial charge in [0.25, 0.3) is 0 Å². The highest BCUT2D eigenvalue weighted by Crippen LogP contribution is 2.23. The quantitative estimate of drug-likeness (QED) is 0.717. The maximum Gasteiger partial charge on any atom is 0.224 e. The summed E-state index contributed by atoms with van der Waals surface area (Å²) in [5.74, 6) is -0.237. The maximum atomic E-state index is 13.5. The van der Waals surface area contributed by atoms with Crippen LogP contribution in [0.2, 0.25) is 0 Å². The minimum atomic E-state index is -0.823. The number of rotatable bonds is 6. The summed E-state index contributed by atoms with van der Waals surface area (Å²) in [5.41, 5.74) is 0.769. The molecule has 1 amide bonds. The Morgan fingerprint density at radius 2 is 1.96 bits per heavy atom. The van der Waals surface area contributed by atoms with Gasteiger partial charge in [-0.1, -0.05) is 0 Å². The highest BCUT2D eigenvalue weighted by molar-refractivity contribution is 5.90. The summed E-state index contributed by atoms with van der Waals surface area (Å²) in [6.07, 6.45) is 1.89. The number of hydrogen-bond donors (Lipinski definition) is 1. The Morgan fingerprint density at radius 3 is 2.65 bits per heavy atom. The Hall–Kier alpha value is -3.22. The summed E-state index contributed by atoms with van der Waals surface area (Å²) < 4.78 is 37.1. The summed E-state index contributed by atoms with van der Waals surface area (Å²) in [6.45, 7) is 0. The highest BCUT2D eigenvalue weighted by Gasteiger charge is 2.11. The number of hydrogen-bond acceptors (Lipinski definition) is 4. The molecule has 1 aromatic heterocycles. The van der Waals surface area contributed by atoms with Crippen molar-refractivity contribution in [2.24, 2.45) is 0 Å². The van der Waals surface area contributed by atoms with Crippen molar-refractivity contribution in [1.82, 2.24) is 4.98 Å². The number of ether oxygens (including phenoxy) is 1. The fraction of sp³-hybridized carbons (Fsp3) is 0.158. The number of oxazole rings is 1. The van der Waals surface area contributed by atoms with Crippen molar-refractivity contribution >= 4 is 11.6 Å². The van der Waals surface area contributed by atoms with Gasteiger partial charge in [0, 0.05) is 24.5 Å². The lowest BCUT2D eigenvalue weighted by molar-refractivity contribution is -0.116. The molecule has 0 saturated heterocycles. The Morgan fingerprint density at radius 1 is 1.19 bits per heavy atom. The molecule has 7 heteroatoms. The third-order valence-electron chi connectivity index (χ3n) is 3.70. The van der Waals surface area contributed by atoms with Crippen LogP contribution in [0, 0.1) is 11.6 Å². The fourth-order valence-electron chi connectivity index (χ4n) is 2.34. The van der Waals surface area contributed by atoms with Gasteiger partial charge in [-0.2, -0.15) is 0 Å². The predicted octanol–water partition coefficient (Wildman–Crippen LogP) is 4.20. The van der Waals surface area contributed by atoms with E-state index >= 15 is 0 Å². The van der Waals surface area contributed by atoms with Gasteiger partial charge in [0.15, 0.2) is 11.7 Å². The number of methoxy groups -OCH3 is 1. The van der Waals surface area contributed by atoms with Crippen molar-refractivity contribution in [3.8, 4) is 17.1 Å². The van der Waals surface area contributed by atoms with Crippen molar-refractivity contribution in [3.63, 3.8) is 0 Å². The third kappa shape index (κ3) is 4.24. The van der Waals surface area contributed by atoms with Gasteiger partial charge in [0.1, 0.15) is 17.4 Å².